The molecule has 1 aromatic heterocycles. The molecule has 2 heterocycles. The van der Waals surface area contributed by atoms with Gasteiger partial charge in [0.15, 0.2) is 5.78 Å². The largest absolute Gasteiger partial charge is 0.497 e. The number of carbonyl (C=O) groups is 3. The molecular weight excluding hydrogens is 396 g/mol. The van der Waals surface area contributed by atoms with Gasteiger partial charge in [-0.15, -0.1) is 0 Å². The SMILES string of the molecule is CCC(=O)c1cc(OCc2ccc(OC)cc2)cc(N2C(=O)c3ccccc3C2=O)n1. The summed E-state index contributed by atoms with van der Waals surface area (Å²) in [6.07, 6.45) is 0.233. The first-order valence-corrected chi connectivity index (χ1v) is 9.80. The Labute approximate surface area is 179 Å². The van der Waals surface area contributed by atoms with Crippen molar-refractivity contribution in [3.05, 3.63) is 83.0 Å². The molecular formula is C24H20N2O5. The number of Topliss-reactive ketones (excluding diaryl/α,β-unsaturated/α-hetero) is 1. The van der Waals surface area contributed by atoms with Crippen molar-refractivity contribution in [3.63, 3.8) is 0 Å². The summed E-state index contributed by atoms with van der Waals surface area (Å²) >= 11 is 0. The van der Waals surface area contributed by atoms with Gasteiger partial charge in [-0.25, -0.2) is 9.88 Å². The lowest BCUT2D eigenvalue weighted by Gasteiger charge is -2.16. The Balaban J connectivity index is 1.66. The average molecular weight is 416 g/mol. The van der Waals surface area contributed by atoms with Crippen LogP contribution < -0.4 is 14.4 Å². The van der Waals surface area contributed by atoms with E-state index in [0.29, 0.717) is 16.9 Å². The smallest absolute Gasteiger partial charge is 0.267 e. The molecule has 31 heavy (non-hydrogen) atoms. The average Bonchev–Trinajstić information content (AvgIpc) is 3.07. The van der Waals surface area contributed by atoms with Gasteiger partial charge in [0, 0.05) is 18.6 Å². The van der Waals surface area contributed by atoms with Crippen LogP contribution in [0.15, 0.2) is 60.7 Å². The van der Waals surface area contributed by atoms with Crippen LogP contribution in [0.5, 0.6) is 11.5 Å². The van der Waals surface area contributed by atoms with Gasteiger partial charge in [0.25, 0.3) is 11.8 Å². The van der Waals surface area contributed by atoms with Gasteiger partial charge in [0.1, 0.15) is 29.6 Å². The molecule has 1 aliphatic heterocycles. The van der Waals surface area contributed by atoms with E-state index in [1.54, 1.807) is 38.3 Å². The quantitative estimate of drug-likeness (QED) is 0.426. The number of nitrogens with zero attached hydrogens (tertiary/aromatic N) is 2. The fourth-order valence-electron chi connectivity index (χ4n) is 3.30. The van der Waals surface area contributed by atoms with E-state index in [4.69, 9.17) is 9.47 Å². The first-order valence-electron chi connectivity index (χ1n) is 9.80. The van der Waals surface area contributed by atoms with Crippen LogP contribution in [0.1, 0.15) is 50.1 Å². The van der Waals surface area contributed by atoms with E-state index < -0.39 is 11.8 Å². The minimum atomic E-state index is -0.477. The van der Waals surface area contributed by atoms with Crippen molar-refractivity contribution in [2.45, 2.75) is 20.0 Å². The van der Waals surface area contributed by atoms with Crippen LogP contribution in [0.4, 0.5) is 5.82 Å². The van der Waals surface area contributed by atoms with E-state index in [1.165, 1.54) is 12.1 Å². The Morgan fingerprint density at radius 2 is 1.58 bits per heavy atom. The number of hydrogen-bond donors (Lipinski definition) is 0. The standard InChI is InChI=1S/C24H20N2O5/c1-3-21(27)20-12-17(31-14-15-8-10-16(30-2)11-9-15)13-22(25-20)26-23(28)18-6-4-5-7-19(18)24(26)29/h4-13H,3,14H2,1-2H3. The highest BCUT2D eigenvalue weighted by Gasteiger charge is 2.37. The molecule has 2 amide bonds. The van der Waals surface area contributed by atoms with Crippen molar-refractivity contribution in [2.24, 2.45) is 0 Å². The Hall–Kier alpha value is -4.00. The normalized spacial score (nSPS) is 12.6. The van der Waals surface area contributed by atoms with Crippen molar-refractivity contribution in [2.75, 3.05) is 12.0 Å². The second-order valence-corrected chi connectivity index (χ2v) is 6.95. The molecule has 0 N–H and O–H groups in total. The van der Waals surface area contributed by atoms with Crippen LogP contribution in [0.25, 0.3) is 0 Å². The highest BCUT2D eigenvalue weighted by molar-refractivity contribution is 6.34. The number of hydrogen-bond acceptors (Lipinski definition) is 6. The summed E-state index contributed by atoms with van der Waals surface area (Å²) in [5.41, 5.74) is 1.65. The van der Waals surface area contributed by atoms with Crippen LogP contribution in [-0.4, -0.2) is 29.7 Å². The van der Waals surface area contributed by atoms with Gasteiger partial charge >= 0.3 is 0 Å². The molecule has 7 nitrogen and oxygen atoms in total. The monoisotopic (exact) mass is 416 g/mol. The predicted molar refractivity (Wildman–Crippen MR) is 114 cm³/mol. The maximum Gasteiger partial charge on any atom is 0.267 e. The molecule has 1 aliphatic rings. The summed E-state index contributed by atoms with van der Waals surface area (Å²) in [5, 5.41) is 0. The molecule has 0 unspecified atom stereocenters. The number of carbonyl (C=O) groups excluding carboxylic acids is 3. The third-order valence-electron chi connectivity index (χ3n) is 4.98. The number of imide groups is 1. The molecule has 7 heteroatoms. The number of rotatable bonds is 7. The first-order chi connectivity index (χ1) is 15.0. The number of benzene rings is 2. The molecule has 0 fully saturated rings. The lowest BCUT2D eigenvalue weighted by molar-refractivity contribution is 0.0920. The number of pyridine rings is 1. The minimum absolute atomic E-state index is 0.0650. The highest BCUT2D eigenvalue weighted by atomic mass is 16.5. The number of ketones is 1. The van der Waals surface area contributed by atoms with Crippen LogP contribution in [0, 0.1) is 0 Å². The van der Waals surface area contributed by atoms with Crippen molar-refractivity contribution in [1.82, 2.24) is 4.98 Å². The van der Waals surface area contributed by atoms with Crippen LogP contribution >= 0.6 is 0 Å². The summed E-state index contributed by atoms with van der Waals surface area (Å²) in [6, 6.07) is 17.0. The van der Waals surface area contributed by atoms with E-state index in [9.17, 15) is 14.4 Å². The number of fused-ring (bicyclic) bond motifs is 1. The molecule has 4 rings (SSSR count). The number of aromatic nitrogens is 1. The molecule has 2 aromatic carbocycles. The second-order valence-electron chi connectivity index (χ2n) is 6.95. The van der Waals surface area contributed by atoms with Crippen molar-refractivity contribution >= 4 is 23.4 Å². The third kappa shape index (κ3) is 3.90. The Kier molecular flexibility index (Phi) is 5.49. The van der Waals surface area contributed by atoms with Crippen LogP contribution in [0.2, 0.25) is 0 Å². The topological polar surface area (TPSA) is 85.8 Å². The number of anilines is 1. The molecule has 0 atom stereocenters. The maximum absolute atomic E-state index is 12.8. The third-order valence-corrected chi connectivity index (χ3v) is 4.98. The van der Waals surface area contributed by atoms with E-state index >= 15 is 0 Å². The summed E-state index contributed by atoms with van der Waals surface area (Å²) < 4.78 is 11.0. The van der Waals surface area contributed by atoms with Gasteiger partial charge in [0.05, 0.1) is 18.2 Å². The maximum atomic E-state index is 12.8. The van der Waals surface area contributed by atoms with Gasteiger partial charge in [-0.3, -0.25) is 14.4 Å². The van der Waals surface area contributed by atoms with E-state index in [0.717, 1.165) is 16.2 Å². The molecule has 0 spiro atoms. The molecule has 0 aliphatic carbocycles. The van der Waals surface area contributed by atoms with Gasteiger partial charge < -0.3 is 9.47 Å². The Bertz CT molecular complexity index is 1140. The second kappa shape index (κ2) is 8.39. The van der Waals surface area contributed by atoms with Crippen molar-refractivity contribution < 1.29 is 23.9 Å². The van der Waals surface area contributed by atoms with E-state index in [-0.39, 0.29) is 30.3 Å². The highest BCUT2D eigenvalue weighted by Crippen LogP contribution is 2.30. The van der Waals surface area contributed by atoms with Gasteiger partial charge in [-0.05, 0) is 29.8 Å². The van der Waals surface area contributed by atoms with Crippen molar-refractivity contribution in [3.8, 4) is 11.5 Å². The molecule has 156 valence electrons. The Morgan fingerprint density at radius 3 is 2.16 bits per heavy atom. The summed E-state index contributed by atoms with van der Waals surface area (Å²) in [6.45, 7) is 1.95. The summed E-state index contributed by atoms with van der Waals surface area (Å²) in [7, 11) is 1.59. The molecule has 0 radical (unpaired) electrons. The molecule has 0 bridgehead atoms. The minimum Gasteiger partial charge on any atom is -0.497 e. The number of methoxy groups -OCH3 is 1. The van der Waals surface area contributed by atoms with E-state index in [1.807, 2.05) is 24.3 Å². The van der Waals surface area contributed by atoms with Crippen molar-refractivity contribution in [1.29, 1.82) is 0 Å². The van der Waals surface area contributed by atoms with Crippen LogP contribution in [0.3, 0.4) is 0 Å². The number of ether oxygens (including phenoxy) is 2. The van der Waals surface area contributed by atoms with E-state index in [2.05, 4.69) is 4.98 Å². The lowest BCUT2D eigenvalue weighted by Crippen LogP contribution is -2.30. The Morgan fingerprint density at radius 1 is 0.935 bits per heavy atom. The molecule has 0 saturated carbocycles. The summed E-state index contributed by atoms with van der Waals surface area (Å²) in [4.78, 5) is 43.3. The molecule has 0 saturated heterocycles. The van der Waals surface area contributed by atoms with Gasteiger partial charge in [-0.1, -0.05) is 31.2 Å². The zero-order valence-electron chi connectivity index (χ0n) is 17.1. The fraction of sp³-hybridized carbons (Fsp3) is 0.167. The zero-order valence-corrected chi connectivity index (χ0v) is 17.1. The lowest BCUT2D eigenvalue weighted by atomic mass is 10.1. The fourth-order valence-corrected chi connectivity index (χ4v) is 3.30. The zero-order chi connectivity index (χ0) is 22.0. The first kappa shape index (κ1) is 20.3. The van der Waals surface area contributed by atoms with Gasteiger partial charge in [-0.2, -0.15) is 0 Å². The summed E-state index contributed by atoms with van der Waals surface area (Å²) in [5.74, 6) is -0.0286. The predicted octanol–water partition coefficient (Wildman–Crippen LogP) is 4.06. The molecule has 3 aromatic rings. The van der Waals surface area contributed by atoms with Gasteiger partial charge in [0.2, 0.25) is 0 Å². The number of amides is 2. The van der Waals surface area contributed by atoms with Crippen LogP contribution in [-0.2, 0) is 6.61 Å².